The first-order chi connectivity index (χ1) is 9.93. The van der Waals surface area contributed by atoms with E-state index in [1.54, 1.807) is 11.8 Å². The topological polar surface area (TPSA) is 12.9 Å². The maximum Gasteiger partial charge on any atom is 0.0969 e. The van der Waals surface area contributed by atoms with Crippen LogP contribution < -0.4 is 0 Å². The van der Waals surface area contributed by atoms with Crippen molar-refractivity contribution in [2.24, 2.45) is 0 Å². The summed E-state index contributed by atoms with van der Waals surface area (Å²) in [5.41, 5.74) is 2.60. The maximum absolute atomic E-state index is 4.43. The quantitative estimate of drug-likeness (QED) is 0.625. The van der Waals surface area contributed by atoms with E-state index in [4.69, 9.17) is 0 Å². The van der Waals surface area contributed by atoms with Gasteiger partial charge in [-0.25, -0.2) is 4.98 Å². The van der Waals surface area contributed by atoms with E-state index in [0.29, 0.717) is 0 Å². The molecule has 0 N–H and O–H groups in total. The molecule has 20 heavy (non-hydrogen) atoms. The summed E-state index contributed by atoms with van der Waals surface area (Å²) in [6.45, 7) is 0. The lowest BCUT2D eigenvalue weighted by Crippen LogP contribution is -1.97. The Labute approximate surface area is 123 Å². The first kappa shape index (κ1) is 12.9. The molecule has 0 atom stereocenters. The summed E-state index contributed by atoms with van der Waals surface area (Å²) in [7, 11) is 0. The van der Waals surface area contributed by atoms with E-state index >= 15 is 0 Å². The summed E-state index contributed by atoms with van der Waals surface area (Å²) in [6, 6.07) is 27.2. The molecule has 2 heteroatoms. The first-order valence-electron chi connectivity index (χ1n) is 6.61. The van der Waals surface area contributed by atoms with Crippen molar-refractivity contribution >= 4 is 11.8 Å². The summed E-state index contributed by atoms with van der Waals surface area (Å²) in [5.74, 6) is 0. The minimum atomic E-state index is 0.271. The smallest absolute Gasteiger partial charge is 0.0969 e. The summed E-state index contributed by atoms with van der Waals surface area (Å²) in [5, 5.41) is 1.32. The molecule has 0 amide bonds. The van der Waals surface area contributed by atoms with Gasteiger partial charge >= 0.3 is 0 Å². The molecule has 0 saturated carbocycles. The molecule has 2 aromatic carbocycles. The van der Waals surface area contributed by atoms with Gasteiger partial charge in [-0.05, 0) is 23.3 Å². The van der Waals surface area contributed by atoms with Crippen molar-refractivity contribution < 1.29 is 0 Å². The van der Waals surface area contributed by atoms with Crippen LogP contribution in [0.1, 0.15) is 16.4 Å². The van der Waals surface area contributed by atoms with Crippen molar-refractivity contribution in [2.45, 2.75) is 10.3 Å². The van der Waals surface area contributed by atoms with E-state index < -0.39 is 0 Å². The Balaban J connectivity index is 1.96. The van der Waals surface area contributed by atoms with Crippen LogP contribution >= 0.6 is 11.8 Å². The van der Waals surface area contributed by atoms with Crippen LogP contribution in [-0.2, 0) is 0 Å². The molecule has 0 unspecified atom stereocenters. The largest absolute Gasteiger partial charge is 0.250 e. The Hall–Kier alpha value is -2.06. The van der Waals surface area contributed by atoms with Crippen LogP contribution in [0, 0.1) is 0 Å². The van der Waals surface area contributed by atoms with Crippen LogP contribution in [-0.4, -0.2) is 4.98 Å². The third-order valence-corrected chi connectivity index (χ3v) is 4.34. The lowest BCUT2D eigenvalue weighted by molar-refractivity contribution is 1.09. The van der Waals surface area contributed by atoms with Gasteiger partial charge in [0.25, 0.3) is 0 Å². The third-order valence-electron chi connectivity index (χ3n) is 3.08. The van der Waals surface area contributed by atoms with Crippen molar-refractivity contribution in [3.05, 3.63) is 96.2 Å². The third kappa shape index (κ3) is 3.09. The van der Waals surface area contributed by atoms with Crippen LogP contribution in [0.25, 0.3) is 0 Å². The maximum atomic E-state index is 4.43. The lowest BCUT2D eigenvalue weighted by Gasteiger charge is -2.17. The van der Waals surface area contributed by atoms with Gasteiger partial charge in [0, 0.05) is 6.20 Å². The number of aromatic nitrogens is 1. The van der Waals surface area contributed by atoms with Gasteiger partial charge in [-0.2, -0.15) is 0 Å². The van der Waals surface area contributed by atoms with Crippen LogP contribution in [0.5, 0.6) is 0 Å². The van der Waals surface area contributed by atoms with Gasteiger partial charge in [-0.1, -0.05) is 78.5 Å². The fourth-order valence-electron chi connectivity index (χ4n) is 2.12. The van der Waals surface area contributed by atoms with Crippen LogP contribution in [0.3, 0.4) is 0 Å². The second kappa shape index (κ2) is 6.40. The van der Waals surface area contributed by atoms with E-state index in [0.717, 1.165) is 5.03 Å². The van der Waals surface area contributed by atoms with E-state index in [9.17, 15) is 0 Å². The zero-order chi connectivity index (χ0) is 13.6. The molecular formula is C18H15NS. The molecular weight excluding hydrogens is 262 g/mol. The summed E-state index contributed by atoms with van der Waals surface area (Å²) in [6.07, 6.45) is 1.84. The molecule has 0 spiro atoms. The van der Waals surface area contributed by atoms with Gasteiger partial charge in [0.2, 0.25) is 0 Å². The van der Waals surface area contributed by atoms with Crippen molar-refractivity contribution in [1.82, 2.24) is 4.98 Å². The fourth-order valence-corrected chi connectivity index (χ4v) is 3.23. The summed E-state index contributed by atoms with van der Waals surface area (Å²) < 4.78 is 0. The number of hydrogen-bond acceptors (Lipinski definition) is 2. The average molecular weight is 277 g/mol. The molecule has 1 nitrogen and oxygen atoms in total. The second-order valence-corrected chi connectivity index (χ2v) is 5.61. The lowest BCUT2D eigenvalue weighted by atomic mass is 10.0. The Bertz CT molecular complexity index is 599. The predicted octanol–water partition coefficient (Wildman–Crippen LogP) is 4.96. The molecule has 0 bridgehead atoms. The van der Waals surface area contributed by atoms with Gasteiger partial charge in [-0.15, -0.1) is 0 Å². The molecule has 98 valence electrons. The predicted molar refractivity (Wildman–Crippen MR) is 84.8 cm³/mol. The normalized spacial score (nSPS) is 10.7. The van der Waals surface area contributed by atoms with Crippen LogP contribution in [0.2, 0.25) is 0 Å². The Morgan fingerprint density at radius 3 is 1.70 bits per heavy atom. The van der Waals surface area contributed by atoms with Gasteiger partial charge in [0.1, 0.15) is 0 Å². The van der Waals surface area contributed by atoms with Gasteiger partial charge < -0.3 is 0 Å². The van der Waals surface area contributed by atoms with Gasteiger partial charge in [0.05, 0.1) is 10.3 Å². The van der Waals surface area contributed by atoms with E-state index in [1.807, 2.05) is 18.3 Å². The molecule has 3 aromatic rings. The highest BCUT2D eigenvalue weighted by molar-refractivity contribution is 7.99. The summed E-state index contributed by atoms with van der Waals surface area (Å²) in [4.78, 5) is 4.43. The first-order valence-corrected chi connectivity index (χ1v) is 7.49. The second-order valence-electron chi connectivity index (χ2n) is 4.49. The van der Waals surface area contributed by atoms with Crippen molar-refractivity contribution in [2.75, 3.05) is 0 Å². The van der Waals surface area contributed by atoms with E-state index in [2.05, 4.69) is 71.7 Å². The van der Waals surface area contributed by atoms with Crippen LogP contribution in [0.4, 0.5) is 0 Å². The molecule has 0 fully saturated rings. The minimum absolute atomic E-state index is 0.271. The van der Waals surface area contributed by atoms with Crippen molar-refractivity contribution in [3.8, 4) is 0 Å². The van der Waals surface area contributed by atoms with E-state index in [-0.39, 0.29) is 5.25 Å². The number of pyridine rings is 1. The van der Waals surface area contributed by atoms with Crippen LogP contribution in [0.15, 0.2) is 90.1 Å². The number of thioether (sulfide) groups is 1. The van der Waals surface area contributed by atoms with Gasteiger partial charge in [-0.3, -0.25) is 0 Å². The molecule has 3 rings (SSSR count). The highest BCUT2D eigenvalue weighted by atomic mass is 32.2. The fraction of sp³-hybridized carbons (Fsp3) is 0.0556. The number of hydrogen-bond donors (Lipinski definition) is 0. The highest BCUT2D eigenvalue weighted by Gasteiger charge is 2.15. The highest BCUT2D eigenvalue weighted by Crippen LogP contribution is 2.39. The monoisotopic (exact) mass is 277 g/mol. The minimum Gasteiger partial charge on any atom is -0.250 e. The molecule has 1 heterocycles. The molecule has 0 saturated heterocycles. The Kier molecular flexibility index (Phi) is 4.14. The van der Waals surface area contributed by atoms with Gasteiger partial charge in [0.15, 0.2) is 0 Å². The Morgan fingerprint density at radius 2 is 1.20 bits per heavy atom. The Morgan fingerprint density at radius 1 is 0.650 bits per heavy atom. The molecule has 1 aromatic heterocycles. The zero-order valence-electron chi connectivity index (χ0n) is 11.0. The molecule has 0 aliphatic rings. The average Bonchev–Trinajstić information content (AvgIpc) is 2.55. The molecule has 0 aliphatic carbocycles. The van der Waals surface area contributed by atoms with E-state index in [1.165, 1.54) is 11.1 Å². The summed E-state index contributed by atoms with van der Waals surface area (Å²) >= 11 is 1.78. The van der Waals surface area contributed by atoms with Crippen molar-refractivity contribution in [1.29, 1.82) is 0 Å². The molecule has 0 aliphatic heterocycles. The standard InChI is InChI=1S/C18H15NS/c1-3-9-15(10-4-1)18(16-11-5-2-6-12-16)20-17-13-7-8-14-19-17/h1-14,18H. The number of nitrogens with zero attached hydrogens (tertiary/aromatic N) is 1. The number of rotatable bonds is 4. The van der Waals surface area contributed by atoms with Crippen molar-refractivity contribution in [3.63, 3.8) is 0 Å². The SMILES string of the molecule is c1ccc(C(Sc2ccccn2)c2ccccc2)cc1. The zero-order valence-corrected chi connectivity index (χ0v) is 11.8. The number of benzene rings is 2. The molecule has 0 radical (unpaired) electrons.